The molecular weight excluding hydrogens is 522 g/mol. The van der Waals surface area contributed by atoms with Crippen LogP contribution in [-0.4, -0.2) is 33.7 Å². The Morgan fingerprint density at radius 3 is 2.35 bits per heavy atom. The Hall–Kier alpha value is -2.02. The summed E-state index contributed by atoms with van der Waals surface area (Å²) in [5.74, 6) is -0.316. The van der Waals surface area contributed by atoms with Gasteiger partial charge in [0, 0.05) is 22.0 Å². The van der Waals surface area contributed by atoms with Crippen molar-refractivity contribution in [2.75, 3.05) is 0 Å². The van der Waals surface area contributed by atoms with Crippen molar-refractivity contribution in [1.82, 2.24) is 4.90 Å². The molecule has 37 heavy (non-hydrogen) atoms. The van der Waals surface area contributed by atoms with Crippen LogP contribution in [0.25, 0.3) is 0 Å². The molecule has 2 aromatic carbocycles. The Labute approximate surface area is 227 Å². The third kappa shape index (κ3) is 6.35. The molecule has 0 spiro atoms. The first-order valence-electron chi connectivity index (χ1n) is 12.5. The largest absolute Gasteiger partial charge is 0.416 e. The number of amides is 1. The van der Waals surface area contributed by atoms with Crippen molar-refractivity contribution in [3.8, 4) is 0 Å². The number of alkyl halides is 3. The highest BCUT2D eigenvalue weighted by Crippen LogP contribution is 2.53. The first kappa shape index (κ1) is 29.5. The minimum Gasteiger partial charge on any atom is -0.381 e. The number of rotatable bonds is 9. The predicted molar refractivity (Wildman–Crippen MR) is 143 cm³/mol. The highest BCUT2D eigenvalue weighted by Gasteiger charge is 2.53. The Bertz CT molecular complexity index is 1100. The maximum absolute atomic E-state index is 14.2. The van der Waals surface area contributed by atoms with Crippen LogP contribution in [0.15, 0.2) is 61.2 Å². The number of hydrogen-bond donors (Lipinski definition) is 1. The smallest absolute Gasteiger partial charge is 0.381 e. The van der Waals surface area contributed by atoms with E-state index in [4.69, 9.17) is 23.2 Å². The first-order valence-corrected chi connectivity index (χ1v) is 13.2. The molecule has 8 heteroatoms. The van der Waals surface area contributed by atoms with Crippen LogP contribution in [0.2, 0.25) is 10.0 Å². The maximum atomic E-state index is 14.2. The topological polar surface area (TPSA) is 40.5 Å². The van der Waals surface area contributed by atoms with Gasteiger partial charge in [0.15, 0.2) is 5.60 Å². The van der Waals surface area contributed by atoms with Crippen LogP contribution >= 0.6 is 23.2 Å². The fourth-order valence-electron chi connectivity index (χ4n) is 5.42. The molecule has 0 radical (unpaired) electrons. The third-order valence-corrected chi connectivity index (χ3v) is 8.11. The van der Waals surface area contributed by atoms with Crippen molar-refractivity contribution < 1.29 is 23.1 Å². The van der Waals surface area contributed by atoms with E-state index in [0.29, 0.717) is 29.3 Å². The molecule has 1 saturated heterocycles. The van der Waals surface area contributed by atoms with E-state index in [0.717, 1.165) is 18.1 Å². The van der Waals surface area contributed by atoms with E-state index in [2.05, 4.69) is 6.58 Å². The van der Waals surface area contributed by atoms with Gasteiger partial charge in [-0.05, 0) is 74.4 Å². The summed E-state index contributed by atoms with van der Waals surface area (Å²) in [5, 5.41) is 11.3. The summed E-state index contributed by atoms with van der Waals surface area (Å²) in [6, 6.07) is 13.7. The van der Waals surface area contributed by atoms with Crippen LogP contribution < -0.4 is 0 Å². The zero-order chi connectivity index (χ0) is 27.6. The molecule has 3 rings (SSSR count). The van der Waals surface area contributed by atoms with E-state index in [1.807, 2.05) is 44.2 Å². The van der Waals surface area contributed by atoms with Crippen molar-refractivity contribution in [2.24, 2.45) is 5.41 Å². The molecule has 5 atom stereocenters. The second-order valence-electron chi connectivity index (χ2n) is 10.5. The van der Waals surface area contributed by atoms with Gasteiger partial charge in [0.05, 0.1) is 11.5 Å². The van der Waals surface area contributed by atoms with Crippen LogP contribution in [0, 0.1) is 5.41 Å². The molecule has 0 saturated carbocycles. The van der Waals surface area contributed by atoms with Crippen LogP contribution in [0.1, 0.15) is 76.0 Å². The van der Waals surface area contributed by atoms with Crippen LogP contribution in [0.5, 0.6) is 0 Å². The fourth-order valence-corrected chi connectivity index (χ4v) is 5.74. The molecule has 0 aliphatic carbocycles. The van der Waals surface area contributed by atoms with Crippen molar-refractivity contribution in [3.63, 3.8) is 0 Å². The summed E-state index contributed by atoms with van der Waals surface area (Å²) < 4.78 is 40.4. The molecule has 1 amide bonds. The molecule has 1 aliphatic rings. The van der Waals surface area contributed by atoms with E-state index >= 15 is 0 Å². The number of carbonyl (C=O) groups is 1. The minimum atomic E-state index is -4.77. The van der Waals surface area contributed by atoms with E-state index in [-0.39, 0.29) is 18.2 Å². The molecule has 1 N–H and O–H groups in total. The highest BCUT2D eigenvalue weighted by molar-refractivity contribution is 6.30. The average Bonchev–Trinajstić information content (AvgIpc) is 2.82. The predicted octanol–water partition coefficient (Wildman–Crippen LogP) is 8.51. The SMILES string of the molecule is C=CC[C@@]1(C)C[C@H](c2cccc(Cl)c2)[C@@H](c2ccc(Cl)cc2)N(C(CC)CC[C@@](C)(O)C(F)(F)F)C1=O. The van der Waals surface area contributed by atoms with E-state index < -0.39 is 35.7 Å². The number of allylic oxidation sites excluding steroid dienone is 1. The molecular formula is C29H34Cl2F3NO2. The number of nitrogens with zero attached hydrogens (tertiary/aromatic N) is 1. The Morgan fingerprint density at radius 1 is 1.16 bits per heavy atom. The minimum absolute atomic E-state index is 0.00866. The summed E-state index contributed by atoms with van der Waals surface area (Å²) in [5.41, 5.74) is -1.88. The lowest BCUT2D eigenvalue weighted by molar-refractivity contribution is -0.256. The number of benzene rings is 2. The Morgan fingerprint density at radius 2 is 1.81 bits per heavy atom. The Balaban J connectivity index is 2.16. The molecule has 3 nitrogen and oxygen atoms in total. The van der Waals surface area contributed by atoms with E-state index in [1.165, 1.54) is 0 Å². The summed E-state index contributed by atoms with van der Waals surface area (Å²) in [6.07, 6.45) is -2.23. The van der Waals surface area contributed by atoms with E-state index in [9.17, 15) is 23.1 Å². The lowest BCUT2D eigenvalue weighted by Gasteiger charge is -2.52. The van der Waals surface area contributed by atoms with Crippen LogP contribution in [0.4, 0.5) is 13.2 Å². The van der Waals surface area contributed by atoms with Gasteiger partial charge in [0.1, 0.15) is 0 Å². The summed E-state index contributed by atoms with van der Waals surface area (Å²) in [6.45, 7) is 8.38. The molecule has 1 heterocycles. The zero-order valence-corrected chi connectivity index (χ0v) is 22.9. The Kier molecular flexibility index (Phi) is 9.09. The highest BCUT2D eigenvalue weighted by atomic mass is 35.5. The number of likely N-dealkylation sites (tertiary alicyclic amines) is 1. The van der Waals surface area contributed by atoms with Crippen LogP contribution in [0.3, 0.4) is 0 Å². The lowest BCUT2D eigenvalue weighted by atomic mass is 9.67. The quantitative estimate of drug-likeness (QED) is 0.315. The van der Waals surface area contributed by atoms with Gasteiger partial charge in [-0.25, -0.2) is 0 Å². The number of halogens is 5. The summed E-state index contributed by atoms with van der Waals surface area (Å²) >= 11 is 12.5. The number of aliphatic hydroxyl groups is 1. The van der Waals surface area contributed by atoms with Gasteiger partial charge >= 0.3 is 6.18 Å². The molecule has 1 fully saturated rings. The molecule has 202 valence electrons. The second-order valence-corrected chi connectivity index (χ2v) is 11.4. The summed E-state index contributed by atoms with van der Waals surface area (Å²) in [4.78, 5) is 16.0. The van der Waals surface area contributed by atoms with Crippen LogP contribution in [-0.2, 0) is 4.79 Å². The van der Waals surface area contributed by atoms with E-state index in [1.54, 1.807) is 29.2 Å². The molecule has 1 aliphatic heterocycles. The number of piperidine rings is 1. The van der Waals surface area contributed by atoms with Gasteiger partial charge in [-0.3, -0.25) is 4.79 Å². The normalized spacial score (nSPS) is 25.0. The van der Waals surface area contributed by atoms with Gasteiger partial charge in [-0.1, -0.05) is 67.4 Å². The maximum Gasteiger partial charge on any atom is 0.416 e. The molecule has 1 unspecified atom stereocenters. The lowest BCUT2D eigenvalue weighted by Crippen LogP contribution is -2.56. The molecule has 2 aromatic rings. The van der Waals surface area contributed by atoms with Crippen molar-refractivity contribution in [3.05, 3.63) is 82.4 Å². The van der Waals surface area contributed by atoms with Gasteiger partial charge in [0.2, 0.25) is 5.91 Å². The molecule has 0 bridgehead atoms. The van der Waals surface area contributed by atoms with Gasteiger partial charge < -0.3 is 10.0 Å². The summed E-state index contributed by atoms with van der Waals surface area (Å²) in [7, 11) is 0. The number of carbonyl (C=O) groups excluding carboxylic acids is 1. The fraction of sp³-hybridized carbons (Fsp3) is 0.483. The van der Waals surface area contributed by atoms with Crippen molar-refractivity contribution in [2.45, 2.75) is 82.7 Å². The molecule has 0 aromatic heterocycles. The van der Waals surface area contributed by atoms with Gasteiger partial charge in [0.25, 0.3) is 0 Å². The average molecular weight is 556 g/mol. The zero-order valence-electron chi connectivity index (χ0n) is 21.4. The second kappa shape index (κ2) is 11.4. The monoisotopic (exact) mass is 555 g/mol. The van der Waals surface area contributed by atoms with Gasteiger partial charge in [-0.2, -0.15) is 13.2 Å². The van der Waals surface area contributed by atoms with Gasteiger partial charge in [-0.15, -0.1) is 6.58 Å². The van der Waals surface area contributed by atoms with Crippen molar-refractivity contribution >= 4 is 29.1 Å². The first-order chi connectivity index (χ1) is 17.2. The number of hydrogen-bond acceptors (Lipinski definition) is 2. The standard InChI is InChI=1S/C29H34Cl2F3NO2/c1-5-15-27(3)18-24(20-8-7-9-22(31)17-20)25(19-10-12-21(30)13-11-19)35(26(27)36)23(6-2)14-16-28(4,37)29(32,33)34/h5,7-13,17,23-25,37H,1,6,14-16,18H2,2-4H3/t23?,24-,25-,27+,28-/m1/s1. The third-order valence-electron chi connectivity index (χ3n) is 7.62. The van der Waals surface area contributed by atoms with Crippen molar-refractivity contribution in [1.29, 1.82) is 0 Å².